The van der Waals surface area contributed by atoms with Gasteiger partial charge in [0.2, 0.25) is 5.91 Å². The fourth-order valence-electron chi connectivity index (χ4n) is 3.43. The minimum absolute atomic E-state index is 0.00325. The molecule has 0 aliphatic heterocycles. The third-order valence-corrected chi connectivity index (χ3v) is 6.19. The Kier molecular flexibility index (Phi) is 9.86. The Labute approximate surface area is 212 Å². The number of carbonyl (C=O) groups is 2. The minimum atomic E-state index is -4.45. The Morgan fingerprint density at radius 1 is 1.06 bits per heavy atom. The molecule has 3 aromatic rings. The Morgan fingerprint density at radius 3 is 2.53 bits per heavy atom. The van der Waals surface area contributed by atoms with Gasteiger partial charge in [0.25, 0.3) is 5.91 Å². The van der Waals surface area contributed by atoms with Gasteiger partial charge in [-0.2, -0.15) is 13.2 Å². The number of hydrogen-bond donors (Lipinski definition) is 2. The van der Waals surface area contributed by atoms with Crippen LogP contribution < -0.4 is 10.6 Å². The summed E-state index contributed by atoms with van der Waals surface area (Å²) in [5, 5.41) is 8.22. The van der Waals surface area contributed by atoms with Gasteiger partial charge in [0.1, 0.15) is 5.69 Å². The Balaban J connectivity index is 1.61. The quantitative estimate of drug-likeness (QED) is 0.301. The van der Waals surface area contributed by atoms with Crippen LogP contribution in [0.3, 0.4) is 0 Å². The number of carbonyl (C=O) groups excluding carboxylic acids is 2. The molecule has 1 aromatic heterocycles. The predicted molar refractivity (Wildman–Crippen MR) is 135 cm³/mol. The summed E-state index contributed by atoms with van der Waals surface area (Å²) in [7, 11) is 0. The molecule has 0 atom stereocenters. The lowest BCUT2D eigenvalue weighted by molar-refractivity contribution is -0.137. The van der Waals surface area contributed by atoms with Crippen LogP contribution in [0.4, 0.5) is 18.3 Å². The molecule has 2 aromatic carbocycles. The maximum Gasteiger partial charge on any atom is 0.416 e. The number of rotatable bonds is 12. The number of alkyl halides is 3. The van der Waals surface area contributed by atoms with Crippen LogP contribution in [0.5, 0.6) is 0 Å². The van der Waals surface area contributed by atoms with E-state index in [-0.39, 0.29) is 31.3 Å². The van der Waals surface area contributed by atoms with Crippen LogP contribution in [-0.4, -0.2) is 34.8 Å². The van der Waals surface area contributed by atoms with Gasteiger partial charge in [-0.15, -0.1) is 11.3 Å². The third-order valence-electron chi connectivity index (χ3n) is 5.39. The third kappa shape index (κ3) is 8.37. The summed E-state index contributed by atoms with van der Waals surface area (Å²) in [5.74, 6) is -0.650. The van der Waals surface area contributed by atoms with Gasteiger partial charge in [-0.05, 0) is 29.7 Å². The number of anilines is 1. The molecular weight excluding hydrogens is 489 g/mol. The highest BCUT2D eigenvalue weighted by molar-refractivity contribution is 7.13. The van der Waals surface area contributed by atoms with Crippen LogP contribution in [-0.2, 0) is 24.1 Å². The molecule has 0 saturated carbocycles. The van der Waals surface area contributed by atoms with E-state index in [4.69, 9.17) is 0 Å². The van der Waals surface area contributed by atoms with Crippen molar-refractivity contribution < 1.29 is 22.8 Å². The number of unbranched alkanes of at least 4 members (excludes halogenated alkanes) is 1. The number of aromatic nitrogens is 1. The number of thiazole rings is 1. The number of benzene rings is 2. The first-order valence-electron chi connectivity index (χ1n) is 11.7. The second-order valence-corrected chi connectivity index (χ2v) is 9.11. The fourth-order valence-corrected chi connectivity index (χ4v) is 4.14. The summed E-state index contributed by atoms with van der Waals surface area (Å²) < 4.78 is 38.8. The van der Waals surface area contributed by atoms with Crippen molar-refractivity contribution in [1.29, 1.82) is 0 Å². The Hall–Kier alpha value is -3.40. The zero-order valence-corrected chi connectivity index (χ0v) is 20.8. The van der Waals surface area contributed by atoms with Crippen molar-refractivity contribution in [2.75, 3.05) is 18.4 Å². The second-order valence-electron chi connectivity index (χ2n) is 8.26. The fraction of sp³-hybridized carbons (Fsp3) is 0.346. The van der Waals surface area contributed by atoms with Crippen LogP contribution in [0.15, 0.2) is 60.0 Å². The van der Waals surface area contributed by atoms with Crippen molar-refractivity contribution in [1.82, 2.24) is 15.2 Å². The van der Waals surface area contributed by atoms with Crippen LogP contribution in [0.2, 0.25) is 0 Å². The first-order valence-corrected chi connectivity index (χ1v) is 12.6. The molecule has 36 heavy (non-hydrogen) atoms. The minimum Gasteiger partial charge on any atom is -0.362 e. The van der Waals surface area contributed by atoms with Gasteiger partial charge in [-0.3, -0.25) is 9.59 Å². The highest BCUT2D eigenvalue weighted by Crippen LogP contribution is 2.29. The van der Waals surface area contributed by atoms with E-state index in [0.29, 0.717) is 22.9 Å². The van der Waals surface area contributed by atoms with Gasteiger partial charge < -0.3 is 15.5 Å². The van der Waals surface area contributed by atoms with E-state index in [1.54, 1.807) is 10.3 Å². The molecule has 0 fully saturated rings. The average Bonchev–Trinajstić information content (AvgIpc) is 3.34. The van der Waals surface area contributed by atoms with E-state index in [0.717, 1.165) is 37.1 Å². The van der Waals surface area contributed by atoms with Crippen molar-refractivity contribution in [2.24, 2.45) is 0 Å². The van der Waals surface area contributed by atoms with Crippen LogP contribution in [0.1, 0.15) is 53.4 Å². The van der Waals surface area contributed by atoms with Gasteiger partial charge in [0.05, 0.1) is 5.56 Å². The summed E-state index contributed by atoms with van der Waals surface area (Å²) in [5.41, 5.74) is 0.799. The molecule has 1 heterocycles. The van der Waals surface area contributed by atoms with E-state index in [2.05, 4.69) is 22.5 Å². The van der Waals surface area contributed by atoms with Gasteiger partial charge in [-0.1, -0.05) is 55.8 Å². The first-order chi connectivity index (χ1) is 17.3. The van der Waals surface area contributed by atoms with E-state index in [9.17, 15) is 22.8 Å². The number of nitrogens with one attached hydrogen (secondary N) is 2. The van der Waals surface area contributed by atoms with E-state index in [1.165, 1.54) is 23.5 Å². The summed E-state index contributed by atoms with van der Waals surface area (Å²) >= 11 is 1.36. The highest BCUT2D eigenvalue weighted by atomic mass is 32.1. The van der Waals surface area contributed by atoms with Crippen molar-refractivity contribution in [3.05, 3.63) is 82.4 Å². The summed E-state index contributed by atoms with van der Waals surface area (Å²) in [4.78, 5) is 31.6. The van der Waals surface area contributed by atoms with Crippen molar-refractivity contribution in [2.45, 2.75) is 45.5 Å². The molecule has 0 aliphatic rings. The lowest BCUT2D eigenvalue weighted by atomic mass is 10.1. The largest absolute Gasteiger partial charge is 0.416 e. The molecule has 192 valence electrons. The monoisotopic (exact) mass is 518 g/mol. The van der Waals surface area contributed by atoms with Crippen LogP contribution >= 0.6 is 11.3 Å². The van der Waals surface area contributed by atoms with Crippen molar-refractivity contribution >= 4 is 28.3 Å². The topological polar surface area (TPSA) is 74.3 Å². The lowest BCUT2D eigenvalue weighted by Crippen LogP contribution is -2.35. The summed E-state index contributed by atoms with van der Waals surface area (Å²) in [6.07, 6.45) is -2.40. The summed E-state index contributed by atoms with van der Waals surface area (Å²) in [6.45, 7) is 3.27. The zero-order valence-electron chi connectivity index (χ0n) is 20.0. The lowest BCUT2D eigenvalue weighted by Gasteiger charge is -2.22. The van der Waals surface area contributed by atoms with E-state index < -0.39 is 11.7 Å². The molecule has 0 radical (unpaired) electrons. The van der Waals surface area contributed by atoms with Crippen molar-refractivity contribution in [3.8, 4) is 0 Å². The number of hydrogen-bond acceptors (Lipinski definition) is 5. The molecule has 0 aliphatic carbocycles. The Morgan fingerprint density at radius 2 is 1.81 bits per heavy atom. The van der Waals surface area contributed by atoms with E-state index in [1.807, 2.05) is 30.3 Å². The van der Waals surface area contributed by atoms with Gasteiger partial charge in [-0.25, -0.2) is 4.98 Å². The molecule has 10 heteroatoms. The maximum absolute atomic E-state index is 13.2. The average molecular weight is 519 g/mol. The molecule has 0 unspecified atom stereocenters. The number of amides is 2. The zero-order chi connectivity index (χ0) is 26.0. The normalized spacial score (nSPS) is 11.2. The molecule has 0 saturated heterocycles. The highest BCUT2D eigenvalue weighted by Gasteiger charge is 2.30. The van der Waals surface area contributed by atoms with Gasteiger partial charge >= 0.3 is 6.18 Å². The molecule has 0 spiro atoms. The first kappa shape index (κ1) is 27.2. The van der Waals surface area contributed by atoms with Crippen molar-refractivity contribution in [3.63, 3.8) is 0 Å². The second kappa shape index (κ2) is 13.1. The Bertz CT molecular complexity index is 1140. The SMILES string of the molecule is CCCCNc1nc(C(=O)N(CCC(=O)NCc2cccc(C(F)(F)F)c2)Cc2ccccc2)cs1. The molecule has 6 nitrogen and oxygen atoms in total. The molecule has 2 amide bonds. The predicted octanol–water partition coefficient (Wildman–Crippen LogP) is 5.72. The number of halogens is 3. The number of nitrogens with zero attached hydrogens (tertiary/aromatic N) is 2. The molecule has 3 rings (SSSR count). The molecule has 0 bridgehead atoms. The smallest absolute Gasteiger partial charge is 0.362 e. The molecular formula is C26H29F3N4O2S. The van der Waals surface area contributed by atoms with Crippen LogP contribution in [0.25, 0.3) is 0 Å². The van der Waals surface area contributed by atoms with Crippen LogP contribution in [0, 0.1) is 0 Å². The summed E-state index contributed by atoms with van der Waals surface area (Å²) in [6, 6.07) is 14.3. The molecule has 2 N–H and O–H groups in total. The maximum atomic E-state index is 13.2. The van der Waals surface area contributed by atoms with Gasteiger partial charge in [0, 0.05) is 38.0 Å². The van der Waals surface area contributed by atoms with E-state index >= 15 is 0 Å². The standard InChI is InChI=1S/C26H29F3N4O2S/c1-2-3-13-30-25-32-22(18-36-25)24(35)33(17-19-8-5-4-6-9-19)14-12-23(34)31-16-20-10-7-11-21(15-20)26(27,28)29/h4-11,15,18H,2-3,12-14,16-17H2,1H3,(H,30,32)(H,31,34). The van der Waals surface area contributed by atoms with Gasteiger partial charge in [0.15, 0.2) is 5.13 Å².